The lowest BCUT2D eigenvalue weighted by Crippen LogP contribution is -2.21. The quantitative estimate of drug-likeness (QED) is 0.614. The zero-order valence-corrected chi connectivity index (χ0v) is 9.32. The molecule has 16 heavy (non-hydrogen) atoms. The maximum absolute atomic E-state index is 11.8. The maximum atomic E-state index is 11.8. The third-order valence-corrected chi connectivity index (χ3v) is 3.01. The second kappa shape index (κ2) is 5.01. The normalized spacial score (nSPS) is 17.0. The van der Waals surface area contributed by atoms with Crippen LogP contribution in [0.1, 0.15) is 42.5 Å². The fraction of sp³-hybridized carbons (Fsp3) is 0.462. The molecular formula is C13H17NO2. The van der Waals surface area contributed by atoms with Crippen LogP contribution in [0.3, 0.4) is 0 Å². The summed E-state index contributed by atoms with van der Waals surface area (Å²) in [6, 6.07) is 7.04. The van der Waals surface area contributed by atoms with E-state index in [1.54, 1.807) is 18.2 Å². The molecule has 1 fully saturated rings. The summed E-state index contributed by atoms with van der Waals surface area (Å²) in [5.74, 6) is -0.287. The summed E-state index contributed by atoms with van der Waals surface area (Å²) in [5.41, 5.74) is 6.69. The van der Waals surface area contributed by atoms with Crippen LogP contribution in [0.2, 0.25) is 0 Å². The number of carbonyl (C=O) groups excluding carboxylic acids is 1. The molecule has 86 valence electrons. The van der Waals surface area contributed by atoms with Crippen molar-refractivity contribution in [2.75, 3.05) is 5.73 Å². The Bertz CT molecular complexity index is 370. The van der Waals surface area contributed by atoms with E-state index in [2.05, 4.69) is 0 Å². The van der Waals surface area contributed by atoms with Gasteiger partial charge in [0.1, 0.15) is 6.10 Å². The van der Waals surface area contributed by atoms with Crippen LogP contribution < -0.4 is 5.73 Å². The summed E-state index contributed by atoms with van der Waals surface area (Å²) < 4.78 is 5.44. The lowest BCUT2D eigenvalue weighted by molar-refractivity contribution is 0.0212. The molecule has 0 amide bonds. The molecule has 0 spiro atoms. The Morgan fingerprint density at radius 1 is 1.19 bits per heavy atom. The predicted molar refractivity (Wildman–Crippen MR) is 63.1 cm³/mol. The lowest BCUT2D eigenvalue weighted by Gasteiger charge is -2.22. The van der Waals surface area contributed by atoms with E-state index < -0.39 is 0 Å². The minimum atomic E-state index is -0.287. The summed E-state index contributed by atoms with van der Waals surface area (Å²) in [4.78, 5) is 11.8. The number of rotatable bonds is 2. The van der Waals surface area contributed by atoms with Crippen LogP contribution in [0, 0.1) is 0 Å². The highest BCUT2D eigenvalue weighted by Gasteiger charge is 2.19. The summed E-state index contributed by atoms with van der Waals surface area (Å²) in [7, 11) is 0. The van der Waals surface area contributed by atoms with Crippen molar-refractivity contribution < 1.29 is 9.53 Å². The van der Waals surface area contributed by atoms with Gasteiger partial charge >= 0.3 is 5.97 Å². The number of anilines is 1. The van der Waals surface area contributed by atoms with Crippen LogP contribution in [0.25, 0.3) is 0 Å². The number of benzene rings is 1. The van der Waals surface area contributed by atoms with E-state index in [0.717, 1.165) is 25.7 Å². The molecule has 1 aromatic carbocycles. The molecule has 1 aliphatic carbocycles. The molecular weight excluding hydrogens is 202 g/mol. The summed E-state index contributed by atoms with van der Waals surface area (Å²) in [5, 5.41) is 0. The van der Waals surface area contributed by atoms with Gasteiger partial charge < -0.3 is 10.5 Å². The van der Waals surface area contributed by atoms with Gasteiger partial charge in [0.15, 0.2) is 0 Å². The van der Waals surface area contributed by atoms with Crippen molar-refractivity contribution in [3.05, 3.63) is 29.8 Å². The number of ether oxygens (including phenoxy) is 1. The molecule has 2 N–H and O–H groups in total. The molecule has 0 radical (unpaired) electrons. The average Bonchev–Trinajstić information content (AvgIpc) is 2.31. The minimum absolute atomic E-state index is 0.0841. The predicted octanol–water partition coefficient (Wildman–Crippen LogP) is 2.76. The van der Waals surface area contributed by atoms with Crippen molar-refractivity contribution in [3.63, 3.8) is 0 Å². The van der Waals surface area contributed by atoms with Gasteiger partial charge in [0.2, 0.25) is 0 Å². The number of para-hydroxylation sites is 1. The SMILES string of the molecule is Nc1ccccc1C(=O)OC1CCCCC1. The highest BCUT2D eigenvalue weighted by molar-refractivity contribution is 5.95. The summed E-state index contributed by atoms with van der Waals surface area (Å²) in [6.07, 6.45) is 5.61. The Morgan fingerprint density at radius 2 is 1.88 bits per heavy atom. The highest BCUT2D eigenvalue weighted by Crippen LogP contribution is 2.22. The molecule has 1 aromatic rings. The van der Waals surface area contributed by atoms with Gasteiger partial charge in [-0.1, -0.05) is 18.6 Å². The van der Waals surface area contributed by atoms with Crippen molar-refractivity contribution in [1.82, 2.24) is 0 Å². The van der Waals surface area contributed by atoms with E-state index in [4.69, 9.17) is 10.5 Å². The van der Waals surface area contributed by atoms with Gasteiger partial charge in [0, 0.05) is 5.69 Å². The van der Waals surface area contributed by atoms with Crippen molar-refractivity contribution in [3.8, 4) is 0 Å². The van der Waals surface area contributed by atoms with Crippen LogP contribution in [0.15, 0.2) is 24.3 Å². The number of carbonyl (C=O) groups is 1. The van der Waals surface area contributed by atoms with E-state index in [-0.39, 0.29) is 12.1 Å². The van der Waals surface area contributed by atoms with Gasteiger partial charge in [-0.2, -0.15) is 0 Å². The Kier molecular flexibility index (Phi) is 3.44. The van der Waals surface area contributed by atoms with Crippen molar-refractivity contribution in [2.24, 2.45) is 0 Å². The molecule has 3 nitrogen and oxygen atoms in total. The highest BCUT2D eigenvalue weighted by atomic mass is 16.5. The van der Waals surface area contributed by atoms with Crippen molar-refractivity contribution >= 4 is 11.7 Å². The van der Waals surface area contributed by atoms with E-state index in [0.29, 0.717) is 11.3 Å². The third-order valence-electron chi connectivity index (χ3n) is 3.01. The smallest absolute Gasteiger partial charge is 0.340 e. The number of hydrogen-bond acceptors (Lipinski definition) is 3. The molecule has 0 aromatic heterocycles. The van der Waals surface area contributed by atoms with Crippen molar-refractivity contribution in [1.29, 1.82) is 0 Å². The molecule has 1 aliphatic rings. The van der Waals surface area contributed by atoms with Gasteiger partial charge in [-0.15, -0.1) is 0 Å². The first-order valence-corrected chi connectivity index (χ1v) is 5.83. The molecule has 1 saturated carbocycles. The zero-order chi connectivity index (χ0) is 11.4. The van der Waals surface area contributed by atoms with E-state index >= 15 is 0 Å². The van der Waals surface area contributed by atoms with Crippen LogP contribution in [-0.4, -0.2) is 12.1 Å². The first-order valence-electron chi connectivity index (χ1n) is 5.83. The van der Waals surface area contributed by atoms with Crippen LogP contribution in [-0.2, 0) is 4.74 Å². The van der Waals surface area contributed by atoms with Crippen LogP contribution in [0.4, 0.5) is 5.69 Å². The fourth-order valence-electron chi connectivity index (χ4n) is 2.08. The summed E-state index contributed by atoms with van der Waals surface area (Å²) >= 11 is 0. The second-order valence-corrected chi connectivity index (χ2v) is 4.25. The number of esters is 1. The van der Waals surface area contributed by atoms with E-state index in [1.807, 2.05) is 6.07 Å². The van der Waals surface area contributed by atoms with Gasteiger partial charge in [0.05, 0.1) is 5.56 Å². The average molecular weight is 219 g/mol. The number of hydrogen-bond donors (Lipinski definition) is 1. The summed E-state index contributed by atoms with van der Waals surface area (Å²) in [6.45, 7) is 0. The first-order chi connectivity index (χ1) is 7.77. The topological polar surface area (TPSA) is 52.3 Å². The molecule has 0 unspecified atom stereocenters. The van der Waals surface area contributed by atoms with Gasteiger partial charge in [-0.3, -0.25) is 0 Å². The molecule has 0 aliphatic heterocycles. The molecule has 2 rings (SSSR count). The number of nitrogens with two attached hydrogens (primary N) is 1. The minimum Gasteiger partial charge on any atom is -0.459 e. The van der Waals surface area contributed by atoms with E-state index in [1.165, 1.54) is 6.42 Å². The molecule has 0 heterocycles. The van der Waals surface area contributed by atoms with Gasteiger partial charge in [-0.25, -0.2) is 4.79 Å². The monoisotopic (exact) mass is 219 g/mol. The van der Waals surface area contributed by atoms with Crippen molar-refractivity contribution in [2.45, 2.75) is 38.2 Å². The molecule has 0 saturated heterocycles. The van der Waals surface area contributed by atoms with E-state index in [9.17, 15) is 4.79 Å². The fourth-order valence-corrected chi connectivity index (χ4v) is 2.08. The first kappa shape index (κ1) is 11.0. The largest absolute Gasteiger partial charge is 0.459 e. The Hall–Kier alpha value is -1.51. The molecule has 3 heteroatoms. The standard InChI is InChI=1S/C13H17NO2/c14-12-9-5-4-8-11(12)13(15)16-10-6-2-1-3-7-10/h4-5,8-10H,1-3,6-7,14H2. The van der Waals surface area contributed by atoms with Gasteiger partial charge in [0.25, 0.3) is 0 Å². The van der Waals surface area contributed by atoms with Crippen LogP contribution in [0.5, 0.6) is 0 Å². The third kappa shape index (κ3) is 2.54. The zero-order valence-electron chi connectivity index (χ0n) is 9.32. The Labute approximate surface area is 95.6 Å². The lowest BCUT2D eigenvalue weighted by atomic mass is 9.98. The molecule has 0 bridgehead atoms. The van der Waals surface area contributed by atoms with Crippen LogP contribution >= 0.6 is 0 Å². The Morgan fingerprint density at radius 3 is 2.56 bits per heavy atom. The Balaban J connectivity index is 2.00. The van der Waals surface area contributed by atoms with Gasteiger partial charge in [-0.05, 0) is 37.8 Å². The second-order valence-electron chi connectivity index (χ2n) is 4.25. The number of nitrogen functional groups attached to an aromatic ring is 1. The maximum Gasteiger partial charge on any atom is 0.340 e. The molecule has 0 atom stereocenters.